The van der Waals surface area contributed by atoms with Gasteiger partial charge < -0.3 is 16.4 Å². The summed E-state index contributed by atoms with van der Waals surface area (Å²) in [5.74, 6) is 0.351. The summed E-state index contributed by atoms with van der Waals surface area (Å²) < 4.78 is 0. The van der Waals surface area contributed by atoms with Crippen molar-refractivity contribution < 1.29 is 9.59 Å². The number of hydrogen-bond donors (Lipinski definition) is 3. The molecular weight excluding hydrogens is 419 g/mol. The summed E-state index contributed by atoms with van der Waals surface area (Å²) >= 11 is 1.72. The number of likely N-dealkylation sites (tertiary alicyclic amines) is 1. The smallest absolute Gasteiger partial charge is 0.239 e. The van der Waals surface area contributed by atoms with Gasteiger partial charge in [0.1, 0.15) is 0 Å². The Morgan fingerprint density at radius 3 is 2.43 bits per heavy atom. The summed E-state index contributed by atoms with van der Waals surface area (Å²) in [6.45, 7) is 8.70. The number of rotatable bonds is 8. The van der Waals surface area contributed by atoms with Crippen molar-refractivity contribution in [3.8, 4) is 0 Å². The van der Waals surface area contributed by atoms with Crippen LogP contribution in [0, 0.1) is 11.8 Å². The van der Waals surface area contributed by atoms with E-state index in [0.717, 1.165) is 19.0 Å². The second-order valence-electron chi connectivity index (χ2n) is 7.54. The van der Waals surface area contributed by atoms with E-state index >= 15 is 0 Å². The van der Waals surface area contributed by atoms with Crippen molar-refractivity contribution in [1.82, 2.24) is 15.5 Å². The van der Waals surface area contributed by atoms with E-state index in [1.807, 2.05) is 13.8 Å². The molecule has 9 heteroatoms. The molecule has 0 aliphatic carbocycles. The van der Waals surface area contributed by atoms with Crippen LogP contribution in [0.5, 0.6) is 0 Å². The third-order valence-electron chi connectivity index (χ3n) is 5.07. The summed E-state index contributed by atoms with van der Waals surface area (Å²) in [4.78, 5) is 27.8. The van der Waals surface area contributed by atoms with Gasteiger partial charge >= 0.3 is 0 Å². The van der Waals surface area contributed by atoms with E-state index in [0.29, 0.717) is 6.54 Å². The number of amides is 2. The number of piperidine rings is 1. The molecule has 1 aromatic heterocycles. The Morgan fingerprint density at radius 2 is 1.89 bits per heavy atom. The zero-order valence-corrected chi connectivity index (χ0v) is 19.3. The Balaban J connectivity index is 0.00000364. The lowest BCUT2D eigenvalue weighted by Gasteiger charge is -2.36. The molecule has 1 aromatic rings. The van der Waals surface area contributed by atoms with Crippen molar-refractivity contribution in [3.05, 3.63) is 22.4 Å². The second kappa shape index (κ2) is 13.4. The Morgan fingerprint density at radius 1 is 1.25 bits per heavy atom. The van der Waals surface area contributed by atoms with Gasteiger partial charge in [0, 0.05) is 11.4 Å². The van der Waals surface area contributed by atoms with Gasteiger partial charge in [-0.2, -0.15) is 0 Å². The first kappa shape index (κ1) is 27.1. The zero-order valence-electron chi connectivity index (χ0n) is 16.8. The van der Waals surface area contributed by atoms with E-state index in [4.69, 9.17) is 5.73 Å². The van der Waals surface area contributed by atoms with Gasteiger partial charge in [-0.1, -0.05) is 26.8 Å². The van der Waals surface area contributed by atoms with Crippen molar-refractivity contribution >= 4 is 48.0 Å². The molecular formula is C19H34Cl2N4O2S. The monoisotopic (exact) mass is 452 g/mol. The molecule has 0 aromatic carbocycles. The summed E-state index contributed by atoms with van der Waals surface area (Å²) in [6, 6.07) is 3.79. The Hall–Kier alpha value is -0.860. The van der Waals surface area contributed by atoms with E-state index in [1.54, 1.807) is 11.3 Å². The van der Waals surface area contributed by atoms with Crippen LogP contribution in [0.25, 0.3) is 0 Å². The van der Waals surface area contributed by atoms with Crippen LogP contribution in [-0.2, 0) is 9.59 Å². The number of carbonyl (C=O) groups is 2. The molecule has 1 unspecified atom stereocenters. The highest BCUT2D eigenvalue weighted by Crippen LogP contribution is 2.28. The minimum atomic E-state index is -0.586. The van der Waals surface area contributed by atoms with Gasteiger partial charge in [-0.25, -0.2) is 0 Å². The van der Waals surface area contributed by atoms with Crippen LogP contribution < -0.4 is 16.4 Å². The van der Waals surface area contributed by atoms with Gasteiger partial charge in [-0.15, -0.1) is 36.2 Å². The molecule has 6 nitrogen and oxygen atoms in total. The fraction of sp³-hybridized carbons (Fsp3) is 0.684. The number of hydrogen-bond acceptors (Lipinski definition) is 5. The molecule has 28 heavy (non-hydrogen) atoms. The highest BCUT2D eigenvalue weighted by Gasteiger charge is 2.26. The standard InChI is InChI=1S/C19H32N4O2S.2ClH/c1-13(2)18(20)19(25)22-12-17(24)21-11-15(16-5-4-10-26-16)23-8-6-14(3)7-9-23;;/h4-5,10,13-15,18H,6-9,11-12,20H2,1-3H3,(H,21,24)(H,22,25);2*1H/t15?,18-;;/m0../s1. The van der Waals surface area contributed by atoms with Crippen LogP contribution in [-0.4, -0.2) is 48.9 Å². The second-order valence-corrected chi connectivity index (χ2v) is 8.52. The van der Waals surface area contributed by atoms with Crippen molar-refractivity contribution in [1.29, 1.82) is 0 Å². The number of carbonyl (C=O) groups excluding carboxylic acids is 2. The van der Waals surface area contributed by atoms with Gasteiger partial charge in [-0.3, -0.25) is 14.5 Å². The van der Waals surface area contributed by atoms with Crippen LogP contribution in [0.1, 0.15) is 44.5 Å². The Labute approximate surface area is 184 Å². The van der Waals surface area contributed by atoms with Crippen LogP contribution in [0.2, 0.25) is 0 Å². The van der Waals surface area contributed by atoms with Gasteiger partial charge in [0.2, 0.25) is 11.8 Å². The topological polar surface area (TPSA) is 87.5 Å². The van der Waals surface area contributed by atoms with Crippen LogP contribution in [0.15, 0.2) is 17.5 Å². The number of halogens is 2. The molecule has 0 saturated carbocycles. The Bertz CT molecular complexity index is 578. The van der Waals surface area contributed by atoms with Crippen molar-refractivity contribution in [2.75, 3.05) is 26.2 Å². The predicted octanol–water partition coefficient (Wildman–Crippen LogP) is 2.58. The molecule has 4 N–H and O–H groups in total. The average Bonchev–Trinajstić information content (AvgIpc) is 3.14. The largest absolute Gasteiger partial charge is 0.353 e. The Kier molecular flexibility index (Phi) is 13.0. The zero-order chi connectivity index (χ0) is 19.1. The lowest BCUT2D eigenvalue weighted by atomic mass is 9.97. The van der Waals surface area contributed by atoms with Gasteiger partial charge in [0.25, 0.3) is 0 Å². The molecule has 2 atom stereocenters. The molecule has 0 bridgehead atoms. The molecule has 2 amide bonds. The van der Waals surface area contributed by atoms with Gasteiger partial charge in [0.05, 0.1) is 18.6 Å². The molecule has 0 radical (unpaired) electrons. The van der Waals surface area contributed by atoms with Crippen molar-refractivity contribution in [3.63, 3.8) is 0 Å². The third-order valence-corrected chi connectivity index (χ3v) is 6.04. The quantitative estimate of drug-likeness (QED) is 0.565. The van der Waals surface area contributed by atoms with E-state index in [2.05, 4.69) is 40.0 Å². The first-order chi connectivity index (χ1) is 12.4. The van der Waals surface area contributed by atoms with Crippen LogP contribution >= 0.6 is 36.2 Å². The average molecular weight is 453 g/mol. The van der Waals surface area contributed by atoms with E-state index in [1.165, 1.54) is 17.7 Å². The molecule has 2 rings (SSSR count). The highest BCUT2D eigenvalue weighted by atomic mass is 35.5. The van der Waals surface area contributed by atoms with Crippen LogP contribution in [0.3, 0.4) is 0 Å². The maximum Gasteiger partial charge on any atom is 0.239 e. The summed E-state index contributed by atoms with van der Waals surface area (Å²) in [5, 5.41) is 7.67. The lowest BCUT2D eigenvalue weighted by molar-refractivity contribution is -0.127. The number of thiophene rings is 1. The lowest BCUT2D eigenvalue weighted by Crippen LogP contribution is -2.48. The number of nitrogens with zero attached hydrogens (tertiary/aromatic N) is 1. The molecule has 1 fully saturated rings. The molecule has 1 saturated heterocycles. The summed E-state index contributed by atoms with van der Waals surface area (Å²) in [6.07, 6.45) is 2.39. The van der Waals surface area contributed by atoms with Gasteiger partial charge in [0.15, 0.2) is 0 Å². The normalized spacial score (nSPS) is 17.2. The first-order valence-electron chi connectivity index (χ1n) is 9.46. The maximum atomic E-state index is 12.2. The number of nitrogens with two attached hydrogens (primary N) is 1. The molecule has 1 aliphatic heterocycles. The fourth-order valence-corrected chi connectivity index (χ4v) is 3.95. The SMILES string of the molecule is CC1CCN(C(CNC(=O)CNC(=O)[C@@H](N)C(C)C)c2cccs2)CC1.Cl.Cl. The predicted molar refractivity (Wildman–Crippen MR) is 120 cm³/mol. The highest BCUT2D eigenvalue weighted by molar-refractivity contribution is 7.10. The van der Waals surface area contributed by atoms with E-state index in [9.17, 15) is 9.59 Å². The van der Waals surface area contributed by atoms with Gasteiger partial charge in [-0.05, 0) is 49.2 Å². The third kappa shape index (κ3) is 8.25. The first-order valence-corrected chi connectivity index (χ1v) is 10.3. The van der Waals surface area contributed by atoms with E-state index in [-0.39, 0.29) is 55.1 Å². The molecule has 1 aliphatic rings. The van der Waals surface area contributed by atoms with Crippen molar-refractivity contribution in [2.24, 2.45) is 17.6 Å². The van der Waals surface area contributed by atoms with Crippen LogP contribution in [0.4, 0.5) is 0 Å². The molecule has 2 heterocycles. The summed E-state index contributed by atoms with van der Waals surface area (Å²) in [7, 11) is 0. The van der Waals surface area contributed by atoms with E-state index < -0.39 is 6.04 Å². The summed E-state index contributed by atoms with van der Waals surface area (Å²) in [5.41, 5.74) is 5.79. The molecule has 0 spiro atoms. The maximum absolute atomic E-state index is 12.2. The fourth-order valence-electron chi connectivity index (χ4n) is 3.09. The minimum absolute atomic E-state index is 0. The molecule has 162 valence electrons. The van der Waals surface area contributed by atoms with Crippen molar-refractivity contribution in [2.45, 2.75) is 45.7 Å². The number of nitrogens with one attached hydrogen (secondary N) is 2. The minimum Gasteiger partial charge on any atom is -0.353 e.